The van der Waals surface area contributed by atoms with Crippen molar-refractivity contribution in [1.82, 2.24) is 0 Å². The molecule has 2 aromatic rings. The van der Waals surface area contributed by atoms with Gasteiger partial charge in [-0.1, -0.05) is 40.2 Å². The fraction of sp³-hybridized carbons (Fsp3) is 0.133. The van der Waals surface area contributed by atoms with Gasteiger partial charge in [0.15, 0.2) is 0 Å². The van der Waals surface area contributed by atoms with Crippen LogP contribution in [-0.4, -0.2) is 6.29 Å². The van der Waals surface area contributed by atoms with Gasteiger partial charge in [-0.2, -0.15) is 0 Å². The quantitative estimate of drug-likeness (QED) is 0.776. The molecule has 1 nitrogen and oxygen atoms in total. The van der Waals surface area contributed by atoms with E-state index in [0.29, 0.717) is 5.56 Å². The Balaban J connectivity index is 2.45. The lowest BCUT2D eigenvalue weighted by molar-refractivity contribution is -0.108. The second-order valence-electron chi connectivity index (χ2n) is 4.18. The van der Waals surface area contributed by atoms with Crippen molar-refractivity contribution < 1.29 is 9.18 Å². The minimum atomic E-state index is -0.424. The van der Waals surface area contributed by atoms with Gasteiger partial charge in [-0.3, -0.25) is 0 Å². The fourth-order valence-electron chi connectivity index (χ4n) is 1.91. The topological polar surface area (TPSA) is 17.1 Å². The van der Waals surface area contributed by atoms with E-state index in [1.165, 1.54) is 12.1 Å². The third-order valence-electron chi connectivity index (χ3n) is 2.88. The van der Waals surface area contributed by atoms with Crippen molar-refractivity contribution in [1.29, 1.82) is 0 Å². The molecule has 0 aliphatic carbocycles. The zero-order valence-electron chi connectivity index (χ0n) is 9.86. The van der Waals surface area contributed by atoms with E-state index in [9.17, 15) is 9.18 Å². The Morgan fingerprint density at radius 3 is 2.50 bits per heavy atom. The number of aldehydes is 1. The Morgan fingerprint density at radius 2 is 1.89 bits per heavy atom. The molecule has 0 radical (unpaired) electrons. The van der Waals surface area contributed by atoms with Gasteiger partial charge in [0.25, 0.3) is 0 Å². The Morgan fingerprint density at radius 1 is 1.17 bits per heavy atom. The number of aryl methyl sites for hydroxylation is 1. The van der Waals surface area contributed by atoms with E-state index in [0.717, 1.165) is 21.9 Å². The molecule has 0 aliphatic heterocycles. The molecule has 1 atom stereocenters. The number of carbonyl (C=O) groups is 1. The minimum absolute atomic E-state index is 0.326. The van der Waals surface area contributed by atoms with Crippen molar-refractivity contribution in [3.8, 4) is 0 Å². The summed E-state index contributed by atoms with van der Waals surface area (Å²) in [7, 11) is 0. The van der Waals surface area contributed by atoms with Gasteiger partial charge < -0.3 is 4.79 Å². The third-order valence-corrected chi connectivity index (χ3v) is 3.77. The molecule has 1 unspecified atom stereocenters. The average molecular weight is 307 g/mol. The highest BCUT2D eigenvalue weighted by Gasteiger charge is 2.14. The molecule has 0 aromatic heterocycles. The second kappa shape index (κ2) is 5.44. The van der Waals surface area contributed by atoms with Crippen LogP contribution < -0.4 is 0 Å². The average Bonchev–Trinajstić information content (AvgIpc) is 2.35. The number of rotatable bonds is 3. The molecule has 0 N–H and O–H groups in total. The SMILES string of the molecule is Cc1cc(C(C=O)c2cccc(F)c2)ccc1Br. The molecule has 0 bridgehead atoms. The summed E-state index contributed by atoms with van der Waals surface area (Å²) < 4.78 is 14.2. The molecule has 18 heavy (non-hydrogen) atoms. The molecule has 0 fully saturated rings. The Hall–Kier alpha value is -1.48. The first-order valence-corrected chi connectivity index (χ1v) is 6.38. The van der Waals surface area contributed by atoms with E-state index in [2.05, 4.69) is 15.9 Å². The zero-order valence-corrected chi connectivity index (χ0v) is 11.4. The molecular formula is C15H12BrFO. The van der Waals surface area contributed by atoms with Crippen LogP contribution in [0.4, 0.5) is 4.39 Å². The number of halogens is 2. The van der Waals surface area contributed by atoms with Gasteiger partial charge in [0.05, 0.1) is 5.92 Å². The highest BCUT2D eigenvalue weighted by molar-refractivity contribution is 9.10. The molecule has 2 rings (SSSR count). The highest BCUT2D eigenvalue weighted by atomic mass is 79.9. The summed E-state index contributed by atoms with van der Waals surface area (Å²) in [6.07, 6.45) is 0.845. The molecule has 92 valence electrons. The first kappa shape index (κ1) is 13.0. The maximum atomic E-state index is 13.2. The first-order chi connectivity index (χ1) is 8.61. The van der Waals surface area contributed by atoms with Crippen LogP contribution in [-0.2, 0) is 4.79 Å². The van der Waals surface area contributed by atoms with Gasteiger partial charge in [0.1, 0.15) is 12.1 Å². The molecule has 0 heterocycles. The van der Waals surface area contributed by atoms with Gasteiger partial charge in [0.2, 0.25) is 0 Å². The summed E-state index contributed by atoms with van der Waals surface area (Å²) in [5.41, 5.74) is 2.60. The summed E-state index contributed by atoms with van der Waals surface area (Å²) in [6.45, 7) is 1.96. The van der Waals surface area contributed by atoms with Crippen LogP contribution in [0, 0.1) is 12.7 Å². The molecule has 0 saturated heterocycles. The molecular weight excluding hydrogens is 295 g/mol. The van der Waals surface area contributed by atoms with Crippen LogP contribution in [0.3, 0.4) is 0 Å². The van der Waals surface area contributed by atoms with Crippen molar-refractivity contribution >= 4 is 22.2 Å². The molecule has 3 heteroatoms. The van der Waals surface area contributed by atoms with Crippen LogP contribution in [0.1, 0.15) is 22.6 Å². The maximum absolute atomic E-state index is 13.2. The standard InChI is InChI=1S/C15H12BrFO/c1-10-7-12(5-6-15(10)16)14(9-18)11-3-2-4-13(17)8-11/h2-9,14H,1H3. The lowest BCUT2D eigenvalue weighted by atomic mass is 9.92. The third kappa shape index (κ3) is 2.67. The van der Waals surface area contributed by atoms with Crippen molar-refractivity contribution in [2.24, 2.45) is 0 Å². The van der Waals surface area contributed by atoms with Crippen molar-refractivity contribution in [3.63, 3.8) is 0 Å². The number of carbonyl (C=O) groups excluding carboxylic acids is 1. The molecule has 0 saturated carbocycles. The minimum Gasteiger partial charge on any atom is -0.302 e. The molecule has 0 aliphatic rings. The van der Waals surface area contributed by atoms with Gasteiger partial charge in [-0.15, -0.1) is 0 Å². The molecule has 2 aromatic carbocycles. The highest BCUT2D eigenvalue weighted by Crippen LogP contribution is 2.26. The van der Waals surface area contributed by atoms with Gasteiger partial charge in [-0.25, -0.2) is 4.39 Å². The van der Waals surface area contributed by atoms with Crippen molar-refractivity contribution in [3.05, 3.63) is 69.4 Å². The molecule has 0 amide bonds. The van der Waals surface area contributed by atoms with Crippen LogP contribution >= 0.6 is 15.9 Å². The summed E-state index contributed by atoms with van der Waals surface area (Å²) >= 11 is 3.42. The van der Waals surface area contributed by atoms with E-state index in [-0.39, 0.29) is 5.82 Å². The van der Waals surface area contributed by atoms with Gasteiger partial charge >= 0.3 is 0 Å². The Bertz CT molecular complexity index is 580. The number of hydrogen-bond acceptors (Lipinski definition) is 1. The predicted octanol–water partition coefficient (Wildman–Crippen LogP) is 4.23. The fourth-order valence-corrected chi connectivity index (χ4v) is 2.16. The van der Waals surface area contributed by atoms with Crippen molar-refractivity contribution in [2.45, 2.75) is 12.8 Å². The lowest BCUT2D eigenvalue weighted by Crippen LogP contribution is -2.03. The van der Waals surface area contributed by atoms with Crippen LogP contribution in [0.2, 0.25) is 0 Å². The number of hydrogen-bond donors (Lipinski definition) is 0. The summed E-state index contributed by atoms with van der Waals surface area (Å²) in [5.74, 6) is -0.749. The van der Waals surface area contributed by atoms with Gasteiger partial charge in [0, 0.05) is 4.47 Å². The summed E-state index contributed by atoms with van der Waals surface area (Å²) in [6, 6.07) is 11.9. The normalized spacial score (nSPS) is 12.2. The molecule has 0 spiro atoms. The van der Waals surface area contributed by atoms with Crippen LogP contribution in [0.25, 0.3) is 0 Å². The largest absolute Gasteiger partial charge is 0.302 e. The second-order valence-corrected chi connectivity index (χ2v) is 5.03. The summed E-state index contributed by atoms with van der Waals surface area (Å²) in [4.78, 5) is 11.3. The lowest BCUT2D eigenvalue weighted by Gasteiger charge is -2.12. The first-order valence-electron chi connectivity index (χ1n) is 5.58. The van der Waals surface area contributed by atoms with Gasteiger partial charge in [-0.05, 0) is 41.8 Å². The van der Waals surface area contributed by atoms with E-state index in [1.807, 2.05) is 25.1 Å². The van der Waals surface area contributed by atoms with Crippen LogP contribution in [0.5, 0.6) is 0 Å². The van der Waals surface area contributed by atoms with E-state index in [4.69, 9.17) is 0 Å². The van der Waals surface area contributed by atoms with E-state index in [1.54, 1.807) is 12.1 Å². The Kier molecular flexibility index (Phi) is 3.92. The smallest absolute Gasteiger partial charge is 0.131 e. The predicted molar refractivity (Wildman–Crippen MR) is 73.2 cm³/mol. The van der Waals surface area contributed by atoms with Crippen molar-refractivity contribution in [2.75, 3.05) is 0 Å². The Labute approximate surface area is 114 Å². The zero-order chi connectivity index (χ0) is 13.1. The summed E-state index contributed by atoms with van der Waals surface area (Å²) in [5, 5.41) is 0. The maximum Gasteiger partial charge on any atom is 0.131 e. The number of benzene rings is 2. The van der Waals surface area contributed by atoms with Crippen LogP contribution in [0.15, 0.2) is 46.9 Å². The van der Waals surface area contributed by atoms with E-state index >= 15 is 0 Å². The monoisotopic (exact) mass is 306 g/mol. The van der Waals surface area contributed by atoms with E-state index < -0.39 is 5.92 Å².